The fourth-order valence-electron chi connectivity index (χ4n) is 5.85. The van der Waals surface area contributed by atoms with E-state index >= 15 is 0 Å². The predicted molar refractivity (Wildman–Crippen MR) is 129 cm³/mol. The number of hydrogen-bond acceptors (Lipinski definition) is 6. The number of morpholine rings is 1. The van der Waals surface area contributed by atoms with E-state index in [1.54, 1.807) is 19.3 Å². The van der Waals surface area contributed by atoms with Crippen molar-refractivity contribution in [2.24, 2.45) is 5.92 Å². The summed E-state index contributed by atoms with van der Waals surface area (Å²) < 4.78 is 11.7. The second-order valence-electron chi connectivity index (χ2n) is 9.61. The van der Waals surface area contributed by atoms with Crippen molar-refractivity contribution in [3.05, 3.63) is 83.4 Å². The average molecular weight is 470 g/mol. The Balaban J connectivity index is 1.16. The lowest BCUT2D eigenvalue weighted by Gasteiger charge is -2.47. The lowest BCUT2D eigenvalue weighted by atomic mass is 9.81. The summed E-state index contributed by atoms with van der Waals surface area (Å²) in [5, 5.41) is 0. The molecule has 2 atom stereocenters. The zero-order chi connectivity index (χ0) is 23.9. The third kappa shape index (κ3) is 3.90. The number of ketones is 1. The Hall–Kier alpha value is -3.58. The van der Waals surface area contributed by atoms with Crippen LogP contribution in [0.2, 0.25) is 0 Å². The lowest BCUT2D eigenvalue weighted by Crippen LogP contribution is -2.60. The summed E-state index contributed by atoms with van der Waals surface area (Å²) >= 11 is 0. The Morgan fingerprint density at radius 2 is 1.51 bits per heavy atom. The number of ether oxygens (including phenoxy) is 2. The summed E-state index contributed by atoms with van der Waals surface area (Å²) in [6.07, 6.45) is 3.96. The van der Waals surface area contributed by atoms with E-state index in [0.29, 0.717) is 37.4 Å². The number of aromatic nitrogens is 2. The minimum absolute atomic E-state index is 0.0168. The second kappa shape index (κ2) is 8.89. The Labute approximate surface area is 204 Å². The van der Waals surface area contributed by atoms with E-state index in [4.69, 9.17) is 9.47 Å². The molecule has 2 saturated heterocycles. The Morgan fingerprint density at radius 3 is 2.11 bits per heavy atom. The number of amides is 1. The molecule has 3 aliphatic rings. The molecule has 0 spiro atoms. The molecule has 2 fully saturated rings. The summed E-state index contributed by atoms with van der Waals surface area (Å²) in [6, 6.07) is 16.3. The highest BCUT2D eigenvalue weighted by molar-refractivity contribution is 5.97. The highest BCUT2D eigenvalue weighted by atomic mass is 16.6. The molecule has 2 aliphatic heterocycles. The molecule has 1 aromatic heterocycles. The quantitative estimate of drug-likeness (QED) is 0.527. The smallest absolute Gasteiger partial charge is 0.410 e. The SMILES string of the molecule is Cc1ncc(C(=O)C2CC3COCC(C2)N3C(=O)OCC2c3ccccc3-c3ccccc32)cn1. The number of carbonyl (C=O) groups is 2. The molecule has 0 N–H and O–H groups in total. The van der Waals surface area contributed by atoms with Crippen LogP contribution in [0.5, 0.6) is 0 Å². The van der Waals surface area contributed by atoms with Gasteiger partial charge in [0, 0.05) is 24.2 Å². The van der Waals surface area contributed by atoms with Gasteiger partial charge in [0.1, 0.15) is 12.4 Å². The maximum atomic E-state index is 13.3. The van der Waals surface area contributed by atoms with E-state index in [-0.39, 0.29) is 42.4 Å². The topological polar surface area (TPSA) is 81.6 Å². The van der Waals surface area contributed by atoms with Gasteiger partial charge in [-0.15, -0.1) is 0 Å². The molecule has 2 aromatic carbocycles. The molecule has 7 heteroatoms. The molecule has 0 radical (unpaired) electrons. The number of rotatable bonds is 4. The lowest BCUT2D eigenvalue weighted by molar-refractivity contribution is -0.0747. The summed E-state index contributed by atoms with van der Waals surface area (Å²) in [5.74, 6) is 0.506. The van der Waals surface area contributed by atoms with E-state index in [0.717, 1.165) is 0 Å². The largest absolute Gasteiger partial charge is 0.448 e. The number of aryl methyl sites for hydroxylation is 1. The van der Waals surface area contributed by atoms with Crippen LogP contribution in [0.1, 0.15) is 46.1 Å². The number of nitrogens with zero attached hydrogens (tertiary/aromatic N) is 3. The normalized spacial score (nSPS) is 22.9. The Morgan fingerprint density at radius 1 is 0.943 bits per heavy atom. The number of piperidine rings is 1. The molecule has 6 rings (SSSR count). The van der Waals surface area contributed by atoms with Crippen LogP contribution in [0.4, 0.5) is 4.79 Å². The highest BCUT2D eigenvalue weighted by Gasteiger charge is 2.45. The van der Waals surface area contributed by atoms with Crippen LogP contribution in [-0.2, 0) is 9.47 Å². The molecule has 35 heavy (non-hydrogen) atoms. The minimum atomic E-state index is -0.324. The van der Waals surface area contributed by atoms with Crippen molar-refractivity contribution in [1.82, 2.24) is 14.9 Å². The van der Waals surface area contributed by atoms with Gasteiger partial charge in [-0.25, -0.2) is 14.8 Å². The van der Waals surface area contributed by atoms with Crippen molar-refractivity contribution < 1.29 is 19.1 Å². The number of fused-ring (bicyclic) bond motifs is 5. The molecule has 2 bridgehead atoms. The van der Waals surface area contributed by atoms with Crippen LogP contribution >= 0.6 is 0 Å². The predicted octanol–water partition coefficient (Wildman–Crippen LogP) is 4.40. The number of Topliss-reactive ketones (excluding diaryl/α,β-unsaturated/α-hetero) is 1. The van der Waals surface area contributed by atoms with Crippen LogP contribution in [0.25, 0.3) is 11.1 Å². The van der Waals surface area contributed by atoms with E-state index in [1.807, 2.05) is 29.2 Å². The van der Waals surface area contributed by atoms with Crippen LogP contribution in [0.3, 0.4) is 0 Å². The first-order valence-electron chi connectivity index (χ1n) is 12.1. The van der Waals surface area contributed by atoms with Gasteiger partial charge in [0.25, 0.3) is 0 Å². The summed E-state index contributed by atoms with van der Waals surface area (Å²) in [4.78, 5) is 36.6. The molecule has 7 nitrogen and oxygen atoms in total. The van der Waals surface area contributed by atoms with E-state index < -0.39 is 0 Å². The zero-order valence-corrected chi connectivity index (χ0v) is 19.6. The van der Waals surface area contributed by atoms with Gasteiger partial charge in [0.15, 0.2) is 5.78 Å². The van der Waals surface area contributed by atoms with Crippen molar-refractivity contribution in [2.45, 2.75) is 37.8 Å². The van der Waals surface area contributed by atoms with Crippen molar-refractivity contribution in [1.29, 1.82) is 0 Å². The molecule has 1 amide bonds. The number of benzene rings is 2. The van der Waals surface area contributed by atoms with Gasteiger partial charge in [0.2, 0.25) is 0 Å². The summed E-state index contributed by atoms with van der Waals surface area (Å²) in [5.41, 5.74) is 5.31. The van der Waals surface area contributed by atoms with E-state index in [1.165, 1.54) is 22.3 Å². The van der Waals surface area contributed by atoms with Gasteiger partial charge in [-0.1, -0.05) is 48.5 Å². The molecular weight excluding hydrogens is 442 g/mol. The fraction of sp³-hybridized carbons (Fsp3) is 0.357. The molecule has 1 aliphatic carbocycles. The van der Waals surface area contributed by atoms with E-state index in [9.17, 15) is 9.59 Å². The van der Waals surface area contributed by atoms with Gasteiger partial charge in [-0.05, 0) is 42.0 Å². The van der Waals surface area contributed by atoms with Crippen LogP contribution in [-0.4, -0.2) is 58.6 Å². The van der Waals surface area contributed by atoms with Crippen LogP contribution in [0, 0.1) is 12.8 Å². The number of carbonyl (C=O) groups excluding carboxylic acids is 2. The van der Waals surface area contributed by atoms with Gasteiger partial charge < -0.3 is 9.47 Å². The zero-order valence-electron chi connectivity index (χ0n) is 19.6. The van der Waals surface area contributed by atoms with Gasteiger partial charge in [-0.3, -0.25) is 9.69 Å². The van der Waals surface area contributed by atoms with Crippen molar-refractivity contribution >= 4 is 11.9 Å². The van der Waals surface area contributed by atoms with Gasteiger partial charge in [0.05, 0.1) is 30.9 Å². The maximum Gasteiger partial charge on any atom is 0.410 e. The monoisotopic (exact) mass is 469 g/mol. The van der Waals surface area contributed by atoms with Crippen molar-refractivity contribution in [3.8, 4) is 11.1 Å². The van der Waals surface area contributed by atoms with Gasteiger partial charge >= 0.3 is 6.09 Å². The van der Waals surface area contributed by atoms with Crippen molar-refractivity contribution in [3.63, 3.8) is 0 Å². The average Bonchev–Trinajstić information content (AvgIpc) is 3.20. The molecule has 3 aromatic rings. The Kier molecular flexibility index (Phi) is 5.57. The standard InChI is InChI=1S/C28H27N3O4/c1-17-29-12-19(13-30-17)27(32)18-10-20-14-34-15-21(11-18)31(20)28(33)35-16-26-24-8-4-2-6-22(24)23-7-3-5-9-25(23)26/h2-9,12-13,18,20-21,26H,10-11,14-16H2,1H3. The van der Waals surface area contributed by atoms with Gasteiger partial charge in [-0.2, -0.15) is 0 Å². The molecule has 178 valence electrons. The Bertz CT molecular complexity index is 1220. The summed E-state index contributed by atoms with van der Waals surface area (Å²) in [6.45, 7) is 2.90. The maximum absolute atomic E-state index is 13.3. The second-order valence-corrected chi connectivity index (χ2v) is 9.61. The minimum Gasteiger partial charge on any atom is -0.448 e. The third-order valence-corrected chi connectivity index (χ3v) is 7.50. The molecule has 2 unspecified atom stereocenters. The van der Waals surface area contributed by atoms with Crippen molar-refractivity contribution in [2.75, 3.05) is 19.8 Å². The first-order valence-corrected chi connectivity index (χ1v) is 12.1. The first-order chi connectivity index (χ1) is 17.1. The molecule has 0 saturated carbocycles. The molecule has 3 heterocycles. The van der Waals surface area contributed by atoms with Crippen LogP contribution in [0.15, 0.2) is 60.9 Å². The first kappa shape index (κ1) is 21.9. The summed E-state index contributed by atoms with van der Waals surface area (Å²) in [7, 11) is 0. The highest BCUT2D eigenvalue weighted by Crippen LogP contribution is 2.44. The fourth-order valence-corrected chi connectivity index (χ4v) is 5.85. The number of hydrogen-bond donors (Lipinski definition) is 0. The molecular formula is C28H27N3O4. The van der Waals surface area contributed by atoms with Crippen LogP contribution < -0.4 is 0 Å². The van der Waals surface area contributed by atoms with E-state index in [2.05, 4.69) is 34.2 Å². The third-order valence-electron chi connectivity index (χ3n) is 7.50.